The maximum absolute atomic E-state index is 13.2. The molecule has 2 aromatic heterocycles. The molecule has 0 unspecified atom stereocenters. The average Bonchev–Trinajstić information content (AvgIpc) is 2.83. The third-order valence-corrected chi connectivity index (χ3v) is 3.54. The Morgan fingerprint density at radius 3 is 2.55 bits per heavy atom. The molecule has 3 aromatic rings. The van der Waals surface area contributed by atoms with Gasteiger partial charge in [0.05, 0.1) is 5.56 Å². The minimum absolute atomic E-state index is 0.0386. The maximum Gasteiger partial charge on any atom is 0.417 e. The molecule has 22 heavy (non-hydrogen) atoms. The van der Waals surface area contributed by atoms with Crippen LogP contribution in [0.15, 0.2) is 42.7 Å². The van der Waals surface area contributed by atoms with E-state index in [0.29, 0.717) is 28.4 Å². The summed E-state index contributed by atoms with van der Waals surface area (Å²) in [5.74, 6) is 0. The van der Waals surface area contributed by atoms with Gasteiger partial charge in [-0.25, -0.2) is 4.98 Å². The summed E-state index contributed by atoms with van der Waals surface area (Å²) in [7, 11) is 1.70. The molecule has 0 aliphatic heterocycles. The molecule has 0 aliphatic rings. The maximum atomic E-state index is 13.2. The van der Waals surface area contributed by atoms with Crippen molar-refractivity contribution >= 4 is 17.3 Å². The molecule has 0 amide bonds. The zero-order chi connectivity index (χ0) is 15.9. The Balaban J connectivity index is 2.40. The summed E-state index contributed by atoms with van der Waals surface area (Å²) in [6.45, 7) is 0. The van der Waals surface area contributed by atoms with Gasteiger partial charge in [0, 0.05) is 30.4 Å². The van der Waals surface area contributed by atoms with Crippen LogP contribution in [0, 0.1) is 0 Å². The quantitative estimate of drug-likeness (QED) is 0.669. The molecule has 3 nitrogen and oxygen atoms in total. The van der Waals surface area contributed by atoms with Crippen molar-refractivity contribution in [3.63, 3.8) is 0 Å². The van der Waals surface area contributed by atoms with E-state index in [2.05, 4.69) is 4.98 Å². The molecule has 0 radical (unpaired) electrons. The number of carbonyl (C=O) groups excluding carboxylic acids is 1. The van der Waals surface area contributed by atoms with E-state index < -0.39 is 11.7 Å². The average molecular weight is 304 g/mol. The van der Waals surface area contributed by atoms with Gasteiger partial charge in [-0.05, 0) is 23.3 Å². The van der Waals surface area contributed by atoms with Crippen molar-refractivity contribution in [2.45, 2.75) is 6.18 Å². The summed E-state index contributed by atoms with van der Waals surface area (Å²) in [5, 5.41) is 0.428. The van der Waals surface area contributed by atoms with Crippen LogP contribution in [0.5, 0.6) is 0 Å². The van der Waals surface area contributed by atoms with Crippen LogP contribution in [0.1, 0.15) is 15.9 Å². The molecule has 0 bridgehead atoms. The van der Waals surface area contributed by atoms with Crippen LogP contribution in [0.2, 0.25) is 0 Å². The van der Waals surface area contributed by atoms with Crippen molar-refractivity contribution in [3.8, 4) is 11.1 Å². The lowest BCUT2D eigenvalue weighted by Crippen LogP contribution is -2.07. The first kappa shape index (κ1) is 14.3. The van der Waals surface area contributed by atoms with E-state index in [1.807, 2.05) is 0 Å². The highest BCUT2D eigenvalue weighted by Gasteiger charge is 2.33. The van der Waals surface area contributed by atoms with Crippen LogP contribution < -0.4 is 0 Å². The monoisotopic (exact) mass is 304 g/mol. The van der Waals surface area contributed by atoms with Crippen LogP contribution >= 0.6 is 0 Å². The number of carbonyl (C=O) groups is 1. The molecular formula is C16H11F3N2O. The molecular weight excluding hydrogens is 293 g/mol. The minimum Gasteiger partial charge on any atom is -0.335 e. The molecule has 112 valence electrons. The van der Waals surface area contributed by atoms with E-state index >= 15 is 0 Å². The first-order valence-corrected chi connectivity index (χ1v) is 6.49. The lowest BCUT2D eigenvalue weighted by molar-refractivity contribution is -0.137. The van der Waals surface area contributed by atoms with Crippen molar-refractivity contribution in [2.24, 2.45) is 7.05 Å². The standard InChI is InChI=1S/C16H11F3N2O/c1-21-8-10(9-22)14-12(6-7-20-15(14)21)11-4-2-3-5-13(11)16(17,18)19/h2-9H,1H3. The molecule has 0 N–H and O–H groups in total. The van der Waals surface area contributed by atoms with Gasteiger partial charge in [-0.3, -0.25) is 4.79 Å². The topological polar surface area (TPSA) is 34.9 Å². The highest BCUT2D eigenvalue weighted by atomic mass is 19.4. The van der Waals surface area contributed by atoms with Gasteiger partial charge in [0.1, 0.15) is 5.65 Å². The molecule has 2 heterocycles. The molecule has 0 spiro atoms. The SMILES string of the molecule is Cn1cc(C=O)c2c(-c3ccccc3C(F)(F)F)ccnc21. The fourth-order valence-corrected chi connectivity index (χ4v) is 2.62. The summed E-state index contributed by atoms with van der Waals surface area (Å²) in [6, 6.07) is 6.82. The molecule has 3 rings (SSSR count). The van der Waals surface area contributed by atoms with Crippen LogP contribution in [-0.2, 0) is 13.2 Å². The Hall–Kier alpha value is -2.63. The van der Waals surface area contributed by atoms with E-state index in [0.717, 1.165) is 6.07 Å². The van der Waals surface area contributed by atoms with E-state index in [4.69, 9.17) is 0 Å². The fraction of sp³-hybridized carbons (Fsp3) is 0.125. The molecule has 0 saturated carbocycles. The number of aromatic nitrogens is 2. The van der Waals surface area contributed by atoms with Gasteiger partial charge in [-0.1, -0.05) is 18.2 Å². The molecule has 6 heteroatoms. The Kier molecular flexibility index (Phi) is 3.24. The summed E-state index contributed by atoms with van der Waals surface area (Å²) < 4.78 is 41.3. The third-order valence-electron chi connectivity index (χ3n) is 3.54. The molecule has 0 saturated heterocycles. The van der Waals surface area contributed by atoms with Gasteiger partial charge in [0.25, 0.3) is 0 Å². The lowest BCUT2D eigenvalue weighted by Gasteiger charge is -2.13. The highest BCUT2D eigenvalue weighted by Crippen LogP contribution is 2.39. The second-order valence-corrected chi connectivity index (χ2v) is 4.91. The highest BCUT2D eigenvalue weighted by molar-refractivity contribution is 6.05. The number of hydrogen-bond donors (Lipinski definition) is 0. The molecule has 0 aliphatic carbocycles. The Morgan fingerprint density at radius 2 is 1.86 bits per heavy atom. The first-order chi connectivity index (χ1) is 10.4. The van der Waals surface area contributed by atoms with Gasteiger partial charge in [-0.2, -0.15) is 13.2 Å². The van der Waals surface area contributed by atoms with Gasteiger partial charge >= 0.3 is 6.18 Å². The second-order valence-electron chi connectivity index (χ2n) is 4.91. The van der Waals surface area contributed by atoms with Crippen molar-refractivity contribution in [2.75, 3.05) is 0 Å². The van der Waals surface area contributed by atoms with Crippen LogP contribution in [0.4, 0.5) is 13.2 Å². The van der Waals surface area contributed by atoms with Crippen molar-refractivity contribution in [1.82, 2.24) is 9.55 Å². The zero-order valence-electron chi connectivity index (χ0n) is 11.6. The summed E-state index contributed by atoms with van der Waals surface area (Å²) in [4.78, 5) is 15.4. The number of aryl methyl sites for hydroxylation is 1. The first-order valence-electron chi connectivity index (χ1n) is 6.49. The predicted molar refractivity (Wildman–Crippen MR) is 76.5 cm³/mol. The number of aldehydes is 1. The molecule has 0 fully saturated rings. The van der Waals surface area contributed by atoms with Crippen molar-refractivity contribution < 1.29 is 18.0 Å². The number of alkyl halides is 3. The largest absolute Gasteiger partial charge is 0.417 e. The Bertz CT molecular complexity index is 865. The van der Waals surface area contributed by atoms with Crippen LogP contribution in [-0.4, -0.2) is 15.8 Å². The second kappa shape index (κ2) is 4.98. The van der Waals surface area contributed by atoms with E-state index in [-0.39, 0.29) is 5.56 Å². The van der Waals surface area contributed by atoms with Gasteiger partial charge in [0.15, 0.2) is 6.29 Å². The number of rotatable bonds is 2. The summed E-state index contributed by atoms with van der Waals surface area (Å²) in [5.41, 5.74) is 0.440. The smallest absolute Gasteiger partial charge is 0.335 e. The Labute approximate surface area is 124 Å². The number of pyridine rings is 1. The third kappa shape index (κ3) is 2.16. The zero-order valence-corrected chi connectivity index (χ0v) is 11.6. The van der Waals surface area contributed by atoms with E-state index in [1.165, 1.54) is 24.4 Å². The lowest BCUT2D eigenvalue weighted by atomic mass is 9.96. The van der Waals surface area contributed by atoms with Gasteiger partial charge in [0.2, 0.25) is 0 Å². The number of halogens is 3. The van der Waals surface area contributed by atoms with Crippen LogP contribution in [0.3, 0.4) is 0 Å². The summed E-state index contributed by atoms with van der Waals surface area (Å²) in [6.07, 6.45) is -0.838. The number of hydrogen-bond acceptors (Lipinski definition) is 2. The Morgan fingerprint density at radius 1 is 1.14 bits per heavy atom. The van der Waals surface area contributed by atoms with E-state index in [1.54, 1.807) is 23.9 Å². The summed E-state index contributed by atoms with van der Waals surface area (Å²) >= 11 is 0. The molecule has 1 aromatic carbocycles. The van der Waals surface area contributed by atoms with Crippen molar-refractivity contribution in [1.29, 1.82) is 0 Å². The van der Waals surface area contributed by atoms with Crippen LogP contribution in [0.25, 0.3) is 22.2 Å². The fourth-order valence-electron chi connectivity index (χ4n) is 2.62. The minimum atomic E-state index is -4.47. The normalized spacial score (nSPS) is 11.8. The van der Waals surface area contributed by atoms with Gasteiger partial charge in [-0.15, -0.1) is 0 Å². The number of fused-ring (bicyclic) bond motifs is 1. The molecule has 0 atom stereocenters. The van der Waals surface area contributed by atoms with E-state index in [9.17, 15) is 18.0 Å². The number of benzene rings is 1. The van der Waals surface area contributed by atoms with Crippen molar-refractivity contribution in [3.05, 3.63) is 53.9 Å². The number of nitrogens with zero attached hydrogens (tertiary/aromatic N) is 2. The predicted octanol–water partition coefficient (Wildman–Crippen LogP) is 4.07. The van der Waals surface area contributed by atoms with Gasteiger partial charge < -0.3 is 4.57 Å².